The van der Waals surface area contributed by atoms with Crippen molar-refractivity contribution < 1.29 is 19.8 Å². The Labute approximate surface area is 112 Å². The number of hydrogen-bond acceptors (Lipinski definition) is 3. The number of aliphatic hydroxyl groups is 1. The second-order valence-corrected chi connectivity index (χ2v) is 6.20. The number of rotatable bonds is 3. The van der Waals surface area contributed by atoms with Crippen molar-refractivity contribution in [3.63, 3.8) is 0 Å². The average Bonchev–Trinajstić information content (AvgIpc) is 3.12. The Hall–Kier alpha value is -1.30. The molecular weight excluding hydrogens is 248 g/mol. The van der Waals surface area contributed by atoms with Gasteiger partial charge >= 0.3 is 12.0 Å². The van der Waals surface area contributed by atoms with E-state index < -0.39 is 17.1 Å². The van der Waals surface area contributed by atoms with Crippen molar-refractivity contribution >= 4 is 12.0 Å². The molecule has 19 heavy (non-hydrogen) atoms. The van der Waals surface area contributed by atoms with Crippen LogP contribution in [-0.4, -0.2) is 51.3 Å². The van der Waals surface area contributed by atoms with E-state index in [0.29, 0.717) is 25.9 Å². The Morgan fingerprint density at radius 3 is 2.26 bits per heavy atom. The lowest BCUT2D eigenvalue weighted by molar-refractivity contribution is -0.144. The van der Waals surface area contributed by atoms with Gasteiger partial charge in [-0.15, -0.1) is 0 Å². The highest BCUT2D eigenvalue weighted by molar-refractivity contribution is 5.86. The van der Waals surface area contributed by atoms with Crippen LogP contribution in [0.5, 0.6) is 0 Å². The van der Waals surface area contributed by atoms with Gasteiger partial charge in [-0.3, -0.25) is 0 Å². The molecule has 2 rings (SSSR count). The monoisotopic (exact) mass is 270 g/mol. The molecule has 0 aromatic heterocycles. The van der Waals surface area contributed by atoms with E-state index in [1.54, 1.807) is 18.7 Å². The summed E-state index contributed by atoms with van der Waals surface area (Å²) in [6.07, 6.45) is 2.73. The largest absolute Gasteiger partial charge is 0.480 e. The van der Waals surface area contributed by atoms with Crippen molar-refractivity contribution in [2.75, 3.05) is 13.1 Å². The van der Waals surface area contributed by atoms with Crippen LogP contribution in [0.15, 0.2) is 0 Å². The Balaban J connectivity index is 1.95. The quantitative estimate of drug-likeness (QED) is 0.707. The van der Waals surface area contributed by atoms with Crippen LogP contribution >= 0.6 is 0 Å². The van der Waals surface area contributed by atoms with E-state index in [1.807, 2.05) is 0 Å². The fourth-order valence-corrected chi connectivity index (χ4v) is 2.48. The summed E-state index contributed by atoms with van der Waals surface area (Å²) in [7, 11) is 0. The first kappa shape index (κ1) is 14.1. The first-order valence-electron chi connectivity index (χ1n) is 6.77. The van der Waals surface area contributed by atoms with E-state index in [4.69, 9.17) is 0 Å². The topological polar surface area (TPSA) is 89.9 Å². The molecule has 0 aromatic rings. The van der Waals surface area contributed by atoms with Gasteiger partial charge in [0.2, 0.25) is 0 Å². The molecule has 108 valence electrons. The summed E-state index contributed by atoms with van der Waals surface area (Å²) in [4.78, 5) is 25.1. The smallest absolute Gasteiger partial charge is 0.329 e. The molecule has 1 atom stereocenters. The van der Waals surface area contributed by atoms with Gasteiger partial charge < -0.3 is 20.4 Å². The zero-order chi connectivity index (χ0) is 14.3. The van der Waals surface area contributed by atoms with Gasteiger partial charge in [0.25, 0.3) is 0 Å². The highest BCUT2D eigenvalue weighted by Crippen LogP contribution is 2.39. The third-order valence-electron chi connectivity index (χ3n) is 4.33. The number of piperidine rings is 1. The van der Waals surface area contributed by atoms with E-state index in [2.05, 4.69) is 5.32 Å². The predicted molar refractivity (Wildman–Crippen MR) is 68.7 cm³/mol. The number of carbonyl (C=O) groups excluding carboxylic acids is 1. The zero-order valence-electron chi connectivity index (χ0n) is 11.5. The number of likely N-dealkylation sites (tertiary alicyclic amines) is 1. The summed E-state index contributed by atoms with van der Waals surface area (Å²) in [6.45, 7) is 4.25. The molecule has 6 heteroatoms. The molecule has 1 saturated carbocycles. The number of carboxylic acids is 1. The second-order valence-electron chi connectivity index (χ2n) is 6.20. The van der Waals surface area contributed by atoms with Gasteiger partial charge in [0.1, 0.15) is 5.54 Å². The summed E-state index contributed by atoms with van der Waals surface area (Å²) in [5, 5.41) is 21.8. The maximum Gasteiger partial charge on any atom is 0.329 e. The van der Waals surface area contributed by atoms with Crippen LogP contribution in [0.3, 0.4) is 0 Å². The number of carbonyl (C=O) groups is 2. The van der Waals surface area contributed by atoms with Gasteiger partial charge in [0.15, 0.2) is 0 Å². The number of nitrogens with one attached hydrogen (secondary N) is 1. The van der Waals surface area contributed by atoms with Gasteiger partial charge in [-0.25, -0.2) is 9.59 Å². The third kappa shape index (κ3) is 3.00. The van der Waals surface area contributed by atoms with Crippen LogP contribution in [0.1, 0.15) is 39.5 Å². The van der Waals surface area contributed by atoms with E-state index >= 15 is 0 Å². The highest BCUT2D eigenvalue weighted by Gasteiger charge is 2.49. The molecule has 2 aliphatic rings. The Kier molecular flexibility index (Phi) is 3.47. The van der Waals surface area contributed by atoms with Gasteiger partial charge in [-0.2, -0.15) is 0 Å². The number of urea groups is 1. The normalized spacial score (nSPS) is 25.5. The SMILES string of the molecule is CC1(O)CCN(C(=O)NC(C)(C(=O)O)C2CC2)CC1. The second kappa shape index (κ2) is 4.67. The molecule has 0 aromatic carbocycles. The van der Waals surface area contributed by atoms with Crippen molar-refractivity contribution in [3.05, 3.63) is 0 Å². The van der Waals surface area contributed by atoms with Gasteiger partial charge in [0, 0.05) is 13.1 Å². The lowest BCUT2D eigenvalue weighted by atomic mass is 9.93. The molecule has 0 spiro atoms. The third-order valence-corrected chi connectivity index (χ3v) is 4.33. The van der Waals surface area contributed by atoms with Crippen LogP contribution in [0.25, 0.3) is 0 Å². The Bertz CT molecular complexity index is 382. The van der Waals surface area contributed by atoms with Crippen LogP contribution < -0.4 is 5.32 Å². The fourth-order valence-electron chi connectivity index (χ4n) is 2.48. The molecule has 1 aliphatic carbocycles. The summed E-state index contributed by atoms with van der Waals surface area (Å²) in [5.74, 6) is -0.950. The Morgan fingerprint density at radius 2 is 1.84 bits per heavy atom. The minimum atomic E-state index is -1.17. The minimum Gasteiger partial charge on any atom is -0.480 e. The van der Waals surface area contributed by atoms with Crippen LogP contribution in [0, 0.1) is 5.92 Å². The van der Waals surface area contributed by atoms with Gasteiger partial charge in [-0.1, -0.05) is 0 Å². The van der Waals surface area contributed by atoms with Crippen molar-refractivity contribution in [2.24, 2.45) is 5.92 Å². The van der Waals surface area contributed by atoms with Gasteiger partial charge in [-0.05, 0) is 45.4 Å². The molecule has 0 radical (unpaired) electrons. The first-order chi connectivity index (χ1) is 8.74. The molecule has 6 nitrogen and oxygen atoms in total. The zero-order valence-corrected chi connectivity index (χ0v) is 11.5. The summed E-state index contributed by atoms with van der Waals surface area (Å²) in [6, 6.07) is -0.340. The van der Waals surface area contributed by atoms with Crippen LogP contribution in [0.2, 0.25) is 0 Å². The van der Waals surface area contributed by atoms with Crippen LogP contribution in [0.4, 0.5) is 4.79 Å². The summed E-state index contributed by atoms with van der Waals surface area (Å²) >= 11 is 0. The van der Waals surface area contributed by atoms with Crippen molar-refractivity contribution in [3.8, 4) is 0 Å². The summed E-state index contributed by atoms with van der Waals surface area (Å²) < 4.78 is 0. The predicted octanol–water partition coefficient (Wildman–Crippen LogP) is 0.796. The molecular formula is C13H22N2O4. The number of nitrogens with zero attached hydrogens (tertiary/aromatic N) is 1. The average molecular weight is 270 g/mol. The van der Waals surface area contributed by atoms with E-state index in [9.17, 15) is 19.8 Å². The lowest BCUT2D eigenvalue weighted by Gasteiger charge is -2.37. The maximum absolute atomic E-state index is 12.1. The number of carboxylic acid groups (broad SMARTS) is 1. The van der Waals surface area contributed by atoms with Crippen LogP contribution in [-0.2, 0) is 4.79 Å². The fraction of sp³-hybridized carbons (Fsp3) is 0.846. The summed E-state index contributed by atoms with van der Waals surface area (Å²) in [5.41, 5.74) is -1.89. The van der Waals surface area contributed by atoms with Crippen molar-refractivity contribution in [1.29, 1.82) is 0 Å². The maximum atomic E-state index is 12.1. The highest BCUT2D eigenvalue weighted by atomic mass is 16.4. The first-order valence-corrected chi connectivity index (χ1v) is 6.77. The molecule has 3 N–H and O–H groups in total. The molecule has 2 amide bonds. The van der Waals surface area contributed by atoms with E-state index in [-0.39, 0.29) is 11.9 Å². The number of aliphatic carboxylic acids is 1. The molecule has 0 bridgehead atoms. The number of amides is 2. The van der Waals surface area contributed by atoms with E-state index in [1.165, 1.54) is 0 Å². The molecule has 1 unspecified atom stereocenters. The molecule has 1 aliphatic heterocycles. The standard InChI is InChI=1S/C13H22N2O4/c1-12(19)5-7-15(8-6-12)11(18)14-13(2,10(16)17)9-3-4-9/h9,19H,3-8H2,1-2H3,(H,14,18)(H,16,17). The van der Waals surface area contributed by atoms with Gasteiger partial charge in [0.05, 0.1) is 5.60 Å². The minimum absolute atomic E-state index is 0.0295. The molecule has 2 fully saturated rings. The lowest BCUT2D eigenvalue weighted by Crippen LogP contribution is -2.59. The number of hydrogen-bond donors (Lipinski definition) is 3. The molecule has 1 saturated heterocycles. The van der Waals surface area contributed by atoms with Crippen molar-refractivity contribution in [1.82, 2.24) is 10.2 Å². The molecule has 1 heterocycles. The van der Waals surface area contributed by atoms with Crippen molar-refractivity contribution in [2.45, 2.75) is 50.7 Å². The van der Waals surface area contributed by atoms with E-state index in [0.717, 1.165) is 12.8 Å². The Morgan fingerprint density at radius 1 is 1.32 bits per heavy atom.